The highest BCUT2D eigenvalue weighted by atomic mass is 16.2. The number of aliphatic hydroxyl groups is 1. The summed E-state index contributed by atoms with van der Waals surface area (Å²) in [6.45, 7) is 6.40. The summed E-state index contributed by atoms with van der Waals surface area (Å²) >= 11 is 0. The Bertz CT molecular complexity index is 311. The van der Waals surface area contributed by atoms with Gasteiger partial charge in [0.1, 0.15) is 0 Å². The van der Waals surface area contributed by atoms with E-state index >= 15 is 0 Å². The monoisotopic (exact) mass is 222 g/mol. The molecule has 0 bridgehead atoms. The molecule has 0 aliphatic heterocycles. The van der Waals surface area contributed by atoms with Crippen LogP contribution in [0.15, 0.2) is 23.5 Å². The van der Waals surface area contributed by atoms with Crippen LogP contribution in [0.3, 0.4) is 0 Å². The molecule has 2 heteroatoms. The Morgan fingerprint density at radius 1 is 1.56 bits per heavy atom. The number of allylic oxidation sites excluding steroid dienone is 3. The lowest BCUT2D eigenvalue weighted by atomic mass is 9.79. The normalized spacial score (nSPS) is 24.0. The summed E-state index contributed by atoms with van der Waals surface area (Å²) in [6.07, 6.45) is 6.83. The first kappa shape index (κ1) is 13.0. The van der Waals surface area contributed by atoms with Crippen LogP contribution in [0.5, 0.6) is 0 Å². The fourth-order valence-electron chi connectivity index (χ4n) is 2.13. The second-order valence-corrected chi connectivity index (χ2v) is 4.87. The van der Waals surface area contributed by atoms with Gasteiger partial charge in [0.2, 0.25) is 0 Å². The first-order chi connectivity index (χ1) is 7.60. The summed E-state index contributed by atoms with van der Waals surface area (Å²) in [7, 11) is 0. The highest BCUT2D eigenvalue weighted by Gasteiger charge is 2.27. The SMILES string of the molecule is CCCCC1CC(C(C)C)=CC(=CO)C1=O. The number of hydrogen-bond acceptors (Lipinski definition) is 2. The highest BCUT2D eigenvalue weighted by molar-refractivity contribution is 6.00. The van der Waals surface area contributed by atoms with Gasteiger partial charge in [-0.3, -0.25) is 4.79 Å². The number of ketones is 1. The van der Waals surface area contributed by atoms with Crippen molar-refractivity contribution in [2.75, 3.05) is 0 Å². The summed E-state index contributed by atoms with van der Waals surface area (Å²) in [4.78, 5) is 12.0. The fraction of sp³-hybridized carbons (Fsp3) is 0.643. The van der Waals surface area contributed by atoms with E-state index in [2.05, 4.69) is 20.8 Å². The van der Waals surface area contributed by atoms with E-state index in [0.717, 1.165) is 31.9 Å². The average molecular weight is 222 g/mol. The van der Waals surface area contributed by atoms with Crippen LogP contribution < -0.4 is 0 Å². The van der Waals surface area contributed by atoms with E-state index in [0.29, 0.717) is 11.5 Å². The van der Waals surface area contributed by atoms with Crippen molar-refractivity contribution < 1.29 is 9.90 Å². The molecule has 1 rings (SSSR count). The largest absolute Gasteiger partial charge is 0.515 e. The molecule has 0 aromatic heterocycles. The van der Waals surface area contributed by atoms with Crippen LogP contribution in [0.4, 0.5) is 0 Å². The van der Waals surface area contributed by atoms with Crippen LogP contribution >= 0.6 is 0 Å². The number of carbonyl (C=O) groups excluding carboxylic acids is 1. The van der Waals surface area contributed by atoms with Crippen LogP contribution in [-0.2, 0) is 4.79 Å². The van der Waals surface area contributed by atoms with Crippen LogP contribution in [0.25, 0.3) is 0 Å². The molecule has 0 spiro atoms. The van der Waals surface area contributed by atoms with Crippen molar-refractivity contribution >= 4 is 5.78 Å². The minimum Gasteiger partial charge on any atom is -0.515 e. The predicted molar refractivity (Wildman–Crippen MR) is 66.3 cm³/mol. The molecule has 0 saturated heterocycles. The van der Waals surface area contributed by atoms with E-state index in [4.69, 9.17) is 5.11 Å². The molecule has 0 heterocycles. The summed E-state index contributed by atoms with van der Waals surface area (Å²) < 4.78 is 0. The molecule has 1 N–H and O–H groups in total. The van der Waals surface area contributed by atoms with Crippen molar-refractivity contribution in [1.82, 2.24) is 0 Å². The molecule has 0 amide bonds. The van der Waals surface area contributed by atoms with Gasteiger partial charge in [-0.25, -0.2) is 0 Å². The van der Waals surface area contributed by atoms with Gasteiger partial charge < -0.3 is 5.11 Å². The summed E-state index contributed by atoms with van der Waals surface area (Å²) in [5, 5.41) is 9.08. The Hall–Kier alpha value is -1.05. The Kier molecular flexibility index (Phi) is 4.78. The summed E-state index contributed by atoms with van der Waals surface area (Å²) in [6, 6.07) is 0. The molecule has 2 nitrogen and oxygen atoms in total. The summed E-state index contributed by atoms with van der Waals surface area (Å²) in [5.41, 5.74) is 1.76. The van der Waals surface area contributed by atoms with Gasteiger partial charge in [0.05, 0.1) is 11.8 Å². The molecular formula is C14H22O2. The first-order valence-corrected chi connectivity index (χ1v) is 6.19. The Morgan fingerprint density at radius 2 is 2.25 bits per heavy atom. The fourth-order valence-corrected chi connectivity index (χ4v) is 2.13. The van der Waals surface area contributed by atoms with Crippen molar-refractivity contribution in [1.29, 1.82) is 0 Å². The second kappa shape index (κ2) is 5.88. The topological polar surface area (TPSA) is 37.3 Å². The lowest BCUT2D eigenvalue weighted by molar-refractivity contribution is -0.119. The smallest absolute Gasteiger partial charge is 0.169 e. The minimum absolute atomic E-state index is 0.0840. The number of carbonyl (C=O) groups is 1. The van der Waals surface area contributed by atoms with Crippen LogP contribution in [0.2, 0.25) is 0 Å². The lowest BCUT2D eigenvalue weighted by Crippen LogP contribution is -2.22. The van der Waals surface area contributed by atoms with Gasteiger partial charge in [-0.2, -0.15) is 0 Å². The predicted octanol–water partition coefficient (Wildman–Crippen LogP) is 3.79. The maximum absolute atomic E-state index is 12.0. The number of aliphatic hydroxyl groups excluding tert-OH is 1. The summed E-state index contributed by atoms with van der Waals surface area (Å²) in [5.74, 6) is 0.647. The molecule has 1 aliphatic rings. The molecule has 1 atom stereocenters. The Morgan fingerprint density at radius 3 is 2.75 bits per heavy atom. The number of rotatable bonds is 4. The van der Waals surface area contributed by atoms with Gasteiger partial charge in [0.15, 0.2) is 5.78 Å². The van der Waals surface area contributed by atoms with E-state index in [-0.39, 0.29) is 11.7 Å². The number of hydrogen-bond donors (Lipinski definition) is 1. The Balaban J connectivity index is 2.84. The molecule has 1 unspecified atom stereocenters. The van der Waals surface area contributed by atoms with Crippen LogP contribution in [0.1, 0.15) is 46.5 Å². The third kappa shape index (κ3) is 2.97. The van der Waals surface area contributed by atoms with E-state index in [1.807, 2.05) is 6.08 Å². The first-order valence-electron chi connectivity index (χ1n) is 6.19. The second-order valence-electron chi connectivity index (χ2n) is 4.87. The van der Waals surface area contributed by atoms with E-state index in [9.17, 15) is 4.79 Å². The van der Waals surface area contributed by atoms with E-state index in [1.54, 1.807) is 0 Å². The highest BCUT2D eigenvalue weighted by Crippen LogP contribution is 2.31. The molecule has 0 aromatic rings. The molecule has 16 heavy (non-hydrogen) atoms. The number of Topliss-reactive ketones (excluding diaryl/α,β-unsaturated/α-hetero) is 1. The van der Waals surface area contributed by atoms with Gasteiger partial charge >= 0.3 is 0 Å². The molecule has 0 aromatic carbocycles. The third-order valence-corrected chi connectivity index (χ3v) is 3.27. The molecule has 0 saturated carbocycles. The van der Waals surface area contributed by atoms with Crippen LogP contribution in [-0.4, -0.2) is 10.9 Å². The third-order valence-electron chi connectivity index (χ3n) is 3.27. The quantitative estimate of drug-likeness (QED) is 0.580. The maximum Gasteiger partial charge on any atom is 0.169 e. The van der Waals surface area contributed by atoms with Gasteiger partial charge in [-0.15, -0.1) is 0 Å². The molecular weight excluding hydrogens is 200 g/mol. The van der Waals surface area contributed by atoms with Crippen molar-refractivity contribution in [3.63, 3.8) is 0 Å². The zero-order valence-corrected chi connectivity index (χ0v) is 10.5. The van der Waals surface area contributed by atoms with Crippen molar-refractivity contribution in [2.24, 2.45) is 11.8 Å². The van der Waals surface area contributed by atoms with Gasteiger partial charge in [-0.05, 0) is 24.8 Å². The zero-order valence-electron chi connectivity index (χ0n) is 10.5. The maximum atomic E-state index is 12.0. The lowest BCUT2D eigenvalue weighted by Gasteiger charge is -2.24. The van der Waals surface area contributed by atoms with Crippen LogP contribution in [0, 0.1) is 11.8 Å². The van der Waals surface area contributed by atoms with Crippen molar-refractivity contribution in [3.8, 4) is 0 Å². The Labute approximate surface area is 98.1 Å². The average Bonchev–Trinajstić information content (AvgIpc) is 2.27. The van der Waals surface area contributed by atoms with Gasteiger partial charge in [0.25, 0.3) is 0 Å². The van der Waals surface area contributed by atoms with E-state index in [1.165, 1.54) is 5.57 Å². The molecule has 0 radical (unpaired) electrons. The zero-order chi connectivity index (χ0) is 12.1. The van der Waals surface area contributed by atoms with Crippen molar-refractivity contribution in [3.05, 3.63) is 23.5 Å². The van der Waals surface area contributed by atoms with Gasteiger partial charge in [0, 0.05) is 5.92 Å². The number of unbranched alkanes of at least 4 members (excludes halogenated alkanes) is 1. The molecule has 90 valence electrons. The molecule has 0 fully saturated rings. The molecule has 1 aliphatic carbocycles. The van der Waals surface area contributed by atoms with E-state index < -0.39 is 0 Å². The standard InChI is InChI=1S/C14H22O2/c1-4-5-6-11-7-12(10(2)3)8-13(9-15)14(11)16/h8-11,15H,4-7H2,1-3H3. The minimum atomic E-state index is 0.0840. The van der Waals surface area contributed by atoms with Gasteiger partial charge in [-0.1, -0.05) is 39.2 Å². The van der Waals surface area contributed by atoms with Crippen molar-refractivity contribution in [2.45, 2.75) is 46.5 Å².